The predicted molar refractivity (Wildman–Crippen MR) is 91.4 cm³/mol. The Hall–Kier alpha value is -1.05. The van der Waals surface area contributed by atoms with E-state index in [0.717, 1.165) is 12.8 Å². The van der Waals surface area contributed by atoms with Crippen LogP contribution in [0.3, 0.4) is 0 Å². The van der Waals surface area contributed by atoms with Crippen molar-refractivity contribution < 1.29 is 9.53 Å². The van der Waals surface area contributed by atoms with Crippen LogP contribution < -0.4 is 0 Å². The van der Waals surface area contributed by atoms with Crippen LogP contribution in [0.15, 0.2) is 24.3 Å². The minimum Gasteiger partial charge on any atom is -0.468 e. The highest BCUT2D eigenvalue weighted by Crippen LogP contribution is 2.08. The molecule has 21 heavy (non-hydrogen) atoms. The van der Waals surface area contributed by atoms with Crippen LogP contribution in [0.4, 0.5) is 0 Å². The highest BCUT2D eigenvalue weighted by molar-refractivity contribution is 5.36. The Morgan fingerprint density at radius 1 is 0.714 bits per heavy atom. The highest BCUT2D eigenvalue weighted by atomic mass is 16.5. The van der Waals surface area contributed by atoms with Crippen molar-refractivity contribution in [2.75, 3.05) is 6.61 Å². The number of unbranched alkanes of at least 4 members (excludes halogenated alkanes) is 9. The van der Waals surface area contributed by atoms with Gasteiger partial charge < -0.3 is 4.74 Å². The van der Waals surface area contributed by atoms with Crippen LogP contribution in [0.1, 0.15) is 84.0 Å². The Morgan fingerprint density at radius 2 is 1.29 bits per heavy atom. The number of ether oxygens (including phenoxy) is 1. The summed E-state index contributed by atoms with van der Waals surface area (Å²) in [6, 6.07) is 0. The van der Waals surface area contributed by atoms with Gasteiger partial charge in [0.15, 0.2) is 0 Å². The molecule has 0 saturated carbocycles. The first-order chi connectivity index (χ1) is 10.4. The van der Waals surface area contributed by atoms with E-state index in [4.69, 9.17) is 0 Å². The van der Waals surface area contributed by atoms with E-state index < -0.39 is 0 Å². The quantitative estimate of drug-likeness (QED) is 0.199. The highest BCUT2D eigenvalue weighted by Gasteiger charge is 1.91. The molecule has 0 aromatic carbocycles. The van der Waals surface area contributed by atoms with E-state index in [-0.39, 0.29) is 0 Å². The maximum atomic E-state index is 9.93. The van der Waals surface area contributed by atoms with Crippen molar-refractivity contribution in [1.82, 2.24) is 0 Å². The first kappa shape index (κ1) is 19.9. The molecular weight excluding hydrogens is 260 g/mol. The van der Waals surface area contributed by atoms with E-state index >= 15 is 0 Å². The Balaban J connectivity index is 3.13. The lowest BCUT2D eigenvalue weighted by molar-refractivity contribution is -0.128. The fourth-order valence-corrected chi connectivity index (χ4v) is 2.22. The minimum atomic E-state index is 0.534. The molecule has 0 aromatic heterocycles. The van der Waals surface area contributed by atoms with E-state index in [1.807, 2.05) is 0 Å². The smallest absolute Gasteiger partial charge is 0.293 e. The number of carbonyl (C=O) groups is 1. The number of hydrogen-bond acceptors (Lipinski definition) is 2. The normalized spacial score (nSPS) is 11.5. The van der Waals surface area contributed by atoms with Gasteiger partial charge in [-0.3, -0.25) is 4.79 Å². The Morgan fingerprint density at radius 3 is 1.90 bits per heavy atom. The molecule has 0 unspecified atom stereocenters. The molecule has 0 N–H and O–H groups in total. The Labute approximate surface area is 131 Å². The van der Waals surface area contributed by atoms with Crippen LogP contribution >= 0.6 is 0 Å². The van der Waals surface area contributed by atoms with Gasteiger partial charge in [-0.2, -0.15) is 0 Å². The Kier molecular flexibility index (Phi) is 18.0. The van der Waals surface area contributed by atoms with E-state index in [0.29, 0.717) is 13.1 Å². The van der Waals surface area contributed by atoms with Crippen molar-refractivity contribution in [2.45, 2.75) is 84.0 Å². The van der Waals surface area contributed by atoms with Crippen molar-refractivity contribution in [3.8, 4) is 0 Å². The lowest BCUT2D eigenvalue weighted by Gasteiger charge is -2.00. The summed E-state index contributed by atoms with van der Waals surface area (Å²) in [4.78, 5) is 9.93. The second-order valence-electron chi connectivity index (χ2n) is 5.55. The van der Waals surface area contributed by atoms with Crippen molar-refractivity contribution in [2.24, 2.45) is 0 Å². The predicted octanol–water partition coefficient (Wildman–Crippen LogP) is 5.97. The van der Waals surface area contributed by atoms with Gasteiger partial charge in [0.05, 0.1) is 6.61 Å². The molecule has 0 aliphatic heterocycles. The third-order valence-electron chi connectivity index (χ3n) is 3.53. The molecule has 0 amide bonds. The monoisotopic (exact) mass is 294 g/mol. The molecule has 2 nitrogen and oxygen atoms in total. The molecule has 0 aliphatic rings. The van der Waals surface area contributed by atoms with Gasteiger partial charge >= 0.3 is 0 Å². The maximum absolute atomic E-state index is 9.93. The summed E-state index contributed by atoms with van der Waals surface area (Å²) in [6.07, 6.45) is 24.0. The zero-order valence-electron chi connectivity index (χ0n) is 13.9. The van der Waals surface area contributed by atoms with Gasteiger partial charge in [-0.1, -0.05) is 69.8 Å². The number of allylic oxidation sites excluding steroid dienone is 4. The molecule has 0 radical (unpaired) electrons. The van der Waals surface area contributed by atoms with Crippen LogP contribution in [-0.4, -0.2) is 13.1 Å². The van der Waals surface area contributed by atoms with E-state index in [1.54, 1.807) is 0 Å². The van der Waals surface area contributed by atoms with E-state index in [1.165, 1.54) is 64.2 Å². The molecule has 0 aromatic rings. The SMILES string of the molecule is CCCCC/C=C\C/C=C\CCCCCCCCOC=O. The second kappa shape index (κ2) is 18.9. The molecule has 0 aliphatic carbocycles. The van der Waals surface area contributed by atoms with Crippen molar-refractivity contribution >= 4 is 6.47 Å². The number of hydrogen-bond donors (Lipinski definition) is 0. The molecule has 0 heterocycles. The molecule has 0 fully saturated rings. The summed E-state index contributed by atoms with van der Waals surface area (Å²) >= 11 is 0. The zero-order valence-corrected chi connectivity index (χ0v) is 13.9. The molecule has 0 bridgehead atoms. The molecule has 122 valence electrons. The van der Waals surface area contributed by atoms with Crippen LogP contribution in [0.5, 0.6) is 0 Å². The van der Waals surface area contributed by atoms with Gasteiger partial charge in [0.2, 0.25) is 0 Å². The van der Waals surface area contributed by atoms with E-state index in [9.17, 15) is 4.79 Å². The number of carbonyl (C=O) groups excluding carboxylic acids is 1. The lowest BCUT2D eigenvalue weighted by atomic mass is 10.1. The average molecular weight is 294 g/mol. The fraction of sp³-hybridized carbons (Fsp3) is 0.737. The molecule has 0 rings (SSSR count). The van der Waals surface area contributed by atoms with Gasteiger partial charge in [0, 0.05) is 0 Å². The van der Waals surface area contributed by atoms with Gasteiger partial charge in [-0.05, 0) is 38.5 Å². The van der Waals surface area contributed by atoms with Crippen LogP contribution in [-0.2, 0) is 9.53 Å². The van der Waals surface area contributed by atoms with Crippen LogP contribution in [0.25, 0.3) is 0 Å². The van der Waals surface area contributed by atoms with Crippen LogP contribution in [0, 0.1) is 0 Å². The average Bonchev–Trinajstić information content (AvgIpc) is 2.50. The van der Waals surface area contributed by atoms with Crippen LogP contribution in [0.2, 0.25) is 0 Å². The molecule has 0 atom stereocenters. The molecule has 0 saturated heterocycles. The molecule has 2 heteroatoms. The van der Waals surface area contributed by atoms with Gasteiger partial charge in [0.25, 0.3) is 6.47 Å². The lowest BCUT2D eigenvalue weighted by Crippen LogP contribution is -1.91. The minimum absolute atomic E-state index is 0.534. The van der Waals surface area contributed by atoms with Crippen molar-refractivity contribution in [3.63, 3.8) is 0 Å². The summed E-state index contributed by atoms with van der Waals surface area (Å²) in [5.41, 5.74) is 0. The first-order valence-electron chi connectivity index (χ1n) is 8.77. The first-order valence-corrected chi connectivity index (χ1v) is 8.77. The number of rotatable bonds is 16. The standard InChI is InChI=1S/C19H34O2/c1-2-3-4-5-6-7-8-9-10-11-12-13-14-15-16-17-18-21-19-20/h6-7,9-10,19H,2-5,8,11-18H2,1H3/b7-6-,10-9-. The summed E-state index contributed by atoms with van der Waals surface area (Å²) in [7, 11) is 0. The van der Waals surface area contributed by atoms with Crippen molar-refractivity contribution in [1.29, 1.82) is 0 Å². The largest absolute Gasteiger partial charge is 0.468 e. The molecular formula is C19H34O2. The topological polar surface area (TPSA) is 26.3 Å². The summed E-state index contributed by atoms with van der Waals surface area (Å²) in [5.74, 6) is 0. The van der Waals surface area contributed by atoms with Gasteiger partial charge in [-0.15, -0.1) is 0 Å². The van der Waals surface area contributed by atoms with Crippen molar-refractivity contribution in [3.05, 3.63) is 24.3 Å². The second-order valence-corrected chi connectivity index (χ2v) is 5.55. The summed E-state index contributed by atoms with van der Waals surface area (Å²) in [6.45, 7) is 3.36. The van der Waals surface area contributed by atoms with Gasteiger partial charge in [0.1, 0.15) is 0 Å². The fourth-order valence-electron chi connectivity index (χ4n) is 2.22. The molecule has 0 spiro atoms. The zero-order chi connectivity index (χ0) is 15.4. The third-order valence-corrected chi connectivity index (χ3v) is 3.53. The Bertz CT molecular complexity index is 256. The van der Waals surface area contributed by atoms with Gasteiger partial charge in [-0.25, -0.2) is 0 Å². The summed E-state index contributed by atoms with van der Waals surface area (Å²) < 4.78 is 4.66. The van der Waals surface area contributed by atoms with E-state index in [2.05, 4.69) is 36.0 Å². The summed E-state index contributed by atoms with van der Waals surface area (Å²) in [5, 5.41) is 0. The third kappa shape index (κ3) is 18.9. The maximum Gasteiger partial charge on any atom is 0.293 e.